The maximum atomic E-state index is 12.0. The summed E-state index contributed by atoms with van der Waals surface area (Å²) < 4.78 is 1.01. The van der Waals surface area contributed by atoms with Gasteiger partial charge in [0.1, 0.15) is 0 Å². The molecule has 0 fully saturated rings. The van der Waals surface area contributed by atoms with Crippen LogP contribution in [0.5, 0.6) is 0 Å². The highest BCUT2D eigenvalue weighted by atomic mass is 79.9. The van der Waals surface area contributed by atoms with Crippen molar-refractivity contribution in [2.75, 3.05) is 0 Å². The Balaban J connectivity index is 2.11. The van der Waals surface area contributed by atoms with Crippen molar-refractivity contribution >= 4 is 27.8 Å². The van der Waals surface area contributed by atoms with E-state index in [0.29, 0.717) is 0 Å². The van der Waals surface area contributed by atoms with Gasteiger partial charge in [-0.15, -0.1) is 0 Å². The van der Waals surface area contributed by atoms with Gasteiger partial charge in [-0.25, -0.2) is 0 Å². The minimum absolute atomic E-state index is 0.0302. The minimum Gasteiger partial charge on any atom is -0.289 e. The molecule has 0 amide bonds. The Hall–Kier alpha value is -1.67. The number of rotatable bonds is 4. The number of carbonyl (C=O) groups is 1. The second-order valence-corrected chi connectivity index (χ2v) is 5.22. The molecule has 0 bridgehead atoms. The summed E-state index contributed by atoms with van der Waals surface area (Å²) in [5, 5.41) is 0. The minimum atomic E-state index is 0.0302. The molecule has 0 unspecified atom stereocenters. The number of ketones is 1. The summed E-state index contributed by atoms with van der Waals surface area (Å²) in [5.74, 6) is 0.0302. The van der Waals surface area contributed by atoms with Crippen molar-refractivity contribution < 1.29 is 4.79 Å². The SMILES string of the molecule is CCc1ccc(C(=O)C=Cc2cccc(Br)c2)cc1. The third kappa shape index (κ3) is 3.90. The normalized spacial score (nSPS) is 10.8. The van der Waals surface area contributed by atoms with Crippen LogP contribution in [0.3, 0.4) is 0 Å². The number of carbonyl (C=O) groups excluding carboxylic acids is 1. The van der Waals surface area contributed by atoms with Crippen molar-refractivity contribution in [2.24, 2.45) is 0 Å². The Morgan fingerprint density at radius 1 is 1.16 bits per heavy atom. The predicted molar refractivity (Wildman–Crippen MR) is 83.3 cm³/mol. The van der Waals surface area contributed by atoms with Crippen molar-refractivity contribution in [3.8, 4) is 0 Å². The van der Waals surface area contributed by atoms with E-state index >= 15 is 0 Å². The van der Waals surface area contributed by atoms with E-state index in [2.05, 4.69) is 22.9 Å². The summed E-state index contributed by atoms with van der Waals surface area (Å²) in [4.78, 5) is 12.0. The topological polar surface area (TPSA) is 17.1 Å². The molecule has 1 nitrogen and oxygen atoms in total. The van der Waals surface area contributed by atoms with E-state index in [9.17, 15) is 4.79 Å². The predicted octanol–water partition coefficient (Wildman–Crippen LogP) is 4.91. The van der Waals surface area contributed by atoms with Gasteiger partial charge < -0.3 is 0 Å². The van der Waals surface area contributed by atoms with Crippen molar-refractivity contribution in [3.63, 3.8) is 0 Å². The summed E-state index contributed by atoms with van der Waals surface area (Å²) in [6.07, 6.45) is 4.44. The second kappa shape index (κ2) is 6.48. The molecule has 2 aromatic rings. The van der Waals surface area contributed by atoms with Crippen LogP contribution >= 0.6 is 15.9 Å². The Labute approximate surface area is 122 Å². The van der Waals surface area contributed by atoms with Gasteiger partial charge >= 0.3 is 0 Å². The molecular formula is C17H15BrO. The van der Waals surface area contributed by atoms with E-state index in [1.165, 1.54) is 5.56 Å². The lowest BCUT2D eigenvalue weighted by Crippen LogP contribution is -1.94. The third-order valence-electron chi connectivity index (χ3n) is 2.92. The Kier molecular flexibility index (Phi) is 4.69. The van der Waals surface area contributed by atoms with Crippen molar-refractivity contribution in [3.05, 3.63) is 75.8 Å². The van der Waals surface area contributed by atoms with E-state index in [1.807, 2.05) is 54.6 Å². The number of halogens is 1. The van der Waals surface area contributed by atoms with E-state index in [1.54, 1.807) is 6.08 Å². The molecule has 0 aliphatic heterocycles. The Morgan fingerprint density at radius 3 is 2.53 bits per heavy atom. The lowest BCUT2D eigenvalue weighted by Gasteiger charge is -1.99. The number of benzene rings is 2. The van der Waals surface area contributed by atoms with Gasteiger partial charge in [-0.3, -0.25) is 4.79 Å². The average molecular weight is 315 g/mol. The highest BCUT2D eigenvalue weighted by Crippen LogP contribution is 2.13. The molecule has 0 spiro atoms. The first-order valence-electron chi connectivity index (χ1n) is 6.26. The summed E-state index contributed by atoms with van der Waals surface area (Å²) in [6, 6.07) is 15.6. The lowest BCUT2D eigenvalue weighted by molar-refractivity contribution is 0.104. The molecule has 2 rings (SSSR count). The maximum absolute atomic E-state index is 12.0. The van der Waals surface area contributed by atoms with E-state index in [4.69, 9.17) is 0 Å². The zero-order chi connectivity index (χ0) is 13.7. The van der Waals surface area contributed by atoms with Crippen LogP contribution in [0.2, 0.25) is 0 Å². The molecule has 0 aromatic heterocycles. The molecule has 0 saturated carbocycles. The van der Waals surface area contributed by atoms with Crippen LogP contribution < -0.4 is 0 Å². The van der Waals surface area contributed by atoms with E-state index in [0.717, 1.165) is 22.0 Å². The number of aryl methyl sites for hydroxylation is 1. The van der Waals surface area contributed by atoms with E-state index in [-0.39, 0.29) is 5.78 Å². The van der Waals surface area contributed by atoms with Gasteiger partial charge in [0.25, 0.3) is 0 Å². The highest BCUT2D eigenvalue weighted by molar-refractivity contribution is 9.10. The van der Waals surface area contributed by atoms with Crippen LogP contribution in [-0.2, 0) is 6.42 Å². The van der Waals surface area contributed by atoms with Crippen LogP contribution in [0.15, 0.2) is 59.1 Å². The maximum Gasteiger partial charge on any atom is 0.185 e. The van der Waals surface area contributed by atoms with Crippen LogP contribution in [0, 0.1) is 0 Å². The lowest BCUT2D eigenvalue weighted by atomic mass is 10.1. The first-order valence-corrected chi connectivity index (χ1v) is 7.05. The Morgan fingerprint density at radius 2 is 1.89 bits per heavy atom. The van der Waals surface area contributed by atoms with Gasteiger partial charge in [-0.05, 0) is 35.8 Å². The zero-order valence-corrected chi connectivity index (χ0v) is 12.4. The zero-order valence-electron chi connectivity index (χ0n) is 10.8. The molecule has 0 N–H and O–H groups in total. The molecule has 96 valence electrons. The molecule has 0 heterocycles. The Bertz CT molecular complexity index is 597. The number of hydrogen-bond acceptors (Lipinski definition) is 1. The quantitative estimate of drug-likeness (QED) is 0.579. The van der Waals surface area contributed by atoms with Crippen molar-refractivity contribution in [1.29, 1.82) is 0 Å². The second-order valence-electron chi connectivity index (χ2n) is 4.30. The van der Waals surface area contributed by atoms with Gasteiger partial charge in [0.05, 0.1) is 0 Å². The van der Waals surface area contributed by atoms with Crippen molar-refractivity contribution in [2.45, 2.75) is 13.3 Å². The van der Waals surface area contributed by atoms with Crippen molar-refractivity contribution in [1.82, 2.24) is 0 Å². The largest absolute Gasteiger partial charge is 0.289 e. The smallest absolute Gasteiger partial charge is 0.185 e. The monoisotopic (exact) mass is 314 g/mol. The van der Waals surface area contributed by atoms with Crippen LogP contribution in [0.1, 0.15) is 28.4 Å². The number of allylic oxidation sites excluding steroid dienone is 1. The fraction of sp³-hybridized carbons (Fsp3) is 0.118. The van der Waals surface area contributed by atoms with Crippen LogP contribution in [0.25, 0.3) is 6.08 Å². The van der Waals surface area contributed by atoms with Crippen LogP contribution in [-0.4, -0.2) is 5.78 Å². The third-order valence-corrected chi connectivity index (χ3v) is 3.42. The highest BCUT2D eigenvalue weighted by Gasteiger charge is 2.01. The molecule has 2 heteroatoms. The standard InChI is InChI=1S/C17H15BrO/c1-2-13-6-9-15(10-7-13)17(19)11-8-14-4-3-5-16(18)12-14/h3-12H,2H2,1H3. The summed E-state index contributed by atoms with van der Waals surface area (Å²) in [5.41, 5.74) is 2.98. The molecule has 0 saturated heterocycles. The molecule has 0 aliphatic rings. The molecule has 0 aliphatic carbocycles. The van der Waals surface area contributed by atoms with E-state index < -0.39 is 0 Å². The fourth-order valence-electron chi connectivity index (χ4n) is 1.78. The summed E-state index contributed by atoms with van der Waals surface area (Å²) in [7, 11) is 0. The summed E-state index contributed by atoms with van der Waals surface area (Å²) >= 11 is 3.41. The molecule has 19 heavy (non-hydrogen) atoms. The van der Waals surface area contributed by atoms with Crippen LogP contribution in [0.4, 0.5) is 0 Å². The molecule has 2 aromatic carbocycles. The molecular weight excluding hydrogens is 300 g/mol. The van der Waals surface area contributed by atoms with Gasteiger partial charge in [-0.2, -0.15) is 0 Å². The van der Waals surface area contributed by atoms with Gasteiger partial charge in [0, 0.05) is 10.0 Å². The number of hydrogen-bond donors (Lipinski definition) is 0. The first-order chi connectivity index (χ1) is 9.19. The van der Waals surface area contributed by atoms with Gasteiger partial charge in [0.15, 0.2) is 5.78 Å². The fourth-order valence-corrected chi connectivity index (χ4v) is 2.20. The molecule has 0 atom stereocenters. The first kappa shape index (κ1) is 13.8. The van der Waals surface area contributed by atoms with Gasteiger partial charge in [0.2, 0.25) is 0 Å². The van der Waals surface area contributed by atoms with Gasteiger partial charge in [-0.1, -0.05) is 65.3 Å². The summed E-state index contributed by atoms with van der Waals surface area (Å²) in [6.45, 7) is 2.10. The average Bonchev–Trinajstić information content (AvgIpc) is 2.45. The molecule has 0 radical (unpaired) electrons.